The molecule has 0 heterocycles. The number of nitrogen functional groups attached to an aromatic ring is 1. The topological polar surface area (TPSA) is 63.4 Å². The molecule has 1 fully saturated rings. The minimum absolute atomic E-state index is 0.269. The number of anilines is 1. The number of nitrogens with two attached hydrogens (primary N) is 1. The molecule has 1 aromatic rings. The van der Waals surface area contributed by atoms with Crippen LogP contribution in [0.15, 0.2) is 17.0 Å². The van der Waals surface area contributed by atoms with Gasteiger partial charge in [0.25, 0.3) is 0 Å². The molecule has 0 bridgehead atoms. The summed E-state index contributed by atoms with van der Waals surface area (Å²) < 4.78 is 26.5. The Morgan fingerprint density at radius 2 is 1.83 bits per heavy atom. The van der Waals surface area contributed by atoms with E-state index in [4.69, 9.17) is 5.73 Å². The third-order valence-corrected chi connectivity index (χ3v) is 5.52. The molecule has 2 N–H and O–H groups in total. The molecule has 0 aliphatic heterocycles. The van der Waals surface area contributed by atoms with E-state index in [1.54, 1.807) is 14.0 Å². The first-order valence-corrected chi connectivity index (χ1v) is 7.60. The summed E-state index contributed by atoms with van der Waals surface area (Å²) >= 11 is 0. The third-order valence-electron chi connectivity index (χ3n) is 3.49. The number of sulfonamides is 1. The Balaban J connectivity index is 2.42. The lowest BCUT2D eigenvalue weighted by molar-refractivity contribution is 0.453. The molecule has 0 unspecified atom stereocenters. The molecule has 0 amide bonds. The molecule has 1 aliphatic carbocycles. The highest BCUT2D eigenvalue weighted by molar-refractivity contribution is 7.89. The molecule has 0 atom stereocenters. The Morgan fingerprint density at radius 3 is 2.39 bits per heavy atom. The van der Waals surface area contributed by atoms with Crippen molar-refractivity contribution in [2.45, 2.75) is 31.6 Å². The minimum atomic E-state index is -3.47. The van der Waals surface area contributed by atoms with Crippen molar-refractivity contribution >= 4 is 15.7 Å². The normalized spacial score (nSPS) is 16.2. The molecule has 0 aromatic heterocycles. The van der Waals surface area contributed by atoms with Crippen LogP contribution < -0.4 is 5.73 Å². The van der Waals surface area contributed by atoms with Crippen molar-refractivity contribution in [3.8, 4) is 0 Å². The van der Waals surface area contributed by atoms with Gasteiger partial charge in [0.15, 0.2) is 0 Å². The van der Waals surface area contributed by atoms with Crippen LogP contribution in [0, 0.1) is 19.8 Å². The summed E-state index contributed by atoms with van der Waals surface area (Å²) in [5.41, 5.74) is 7.83. The standard InChI is InChI=1S/C13H20N2O2S/c1-9-4-5-10(2)13(12(9)14)18(16,17)15(3)8-11-6-7-11/h4-5,11H,6-8,14H2,1-3H3. The van der Waals surface area contributed by atoms with Gasteiger partial charge in [-0.25, -0.2) is 12.7 Å². The van der Waals surface area contributed by atoms with Crippen molar-refractivity contribution in [2.24, 2.45) is 5.92 Å². The van der Waals surface area contributed by atoms with Crippen LogP contribution in [0.3, 0.4) is 0 Å². The molecule has 100 valence electrons. The Labute approximate surface area is 109 Å². The van der Waals surface area contributed by atoms with Gasteiger partial charge in [-0.05, 0) is 43.7 Å². The van der Waals surface area contributed by atoms with Gasteiger partial charge >= 0.3 is 0 Å². The summed E-state index contributed by atoms with van der Waals surface area (Å²) in [7, 11) is -1.84. The number of benzene rings is 1. The highest BCUT2D eigenvalue weighted by Gasteiger charge is 2.31. The summed E-state index contributed by atoms with van der Waals surface area (Å²) in [6, 6.07) is 3.66. The maximum Gasteiger partial charge on any atom is 0.245 e. The van der Waals surface area contributed by atoms with Gasteiger partial charge in [-0.1, -0.05) is 12.1 Å². The smallest absolute Gasteiger partial charge is 0.245 e. The van der Waals surface area contributed by atoms with E-state index in [-0.39, 0.29) is 4.90 Å². The first-order chi connectivity index (χ1) is 8.34. The van der Waals surface area contributed by atoms with E-state index in [0.29, 0.717) is 23.7 Å². The summed E-state index contributed by atoms with van der Waals surface area (Å²) in [6.45, 7) is 4.21. The SMILES string of the molecule is Cc1ccc(C)c(S(=O)(=O)N(C)CC2CC2)c1N. The van der Waals surface area contributed by atoms with Gasteiger partial charge in [-0.3, -0.25) is 0 Å². The Morgan fingerprint density at radius 1 is 1.28 bits per heavy atom. The van der Waals surface area contributed by atoms with Gasteiger partial charge in [0.1, 0.15) is 4.90 Å². The van der Waals surface area contributed by atoms with Crippen LogP contribution >= 0.6 is 0 Å². The van der Waals surface area contributed by atoms with Crippen LogP contribution in [0.4, 0.5) is 5.69 Å². The Bertz CT molecular complexity index is 563. The lowest BCUT2D eigenvalue weighted by Crippen LogP contribution is -2.30. The summed E-state index contributed by atoms with van der Waals surface area (Å²) in [6.07, 6.45) is 2.25. The van der Waals surface area contributed by atoms with Crippen molar-refractivity contribution < 1.29 is 8.42 Å². The average Bonchev–Trinajstić information content (AvgIpc) is 3.07. The Kier molecular flexibility index (Phi) is 3.38. The molecule has 5 heteroatoms. The quantitative estimate of drug-likeness (QED) is 0.848. The predicted molar refractivity (Wildman–Crippen MR) is 72.9 cm³/mol. The average molecular weight is 268 g/mol. The fourth-order valence-corrected chi connectivity index (χ4v) is 3.70. The zero-order chi connectivity index (χ0) is 13.5. The fourth-order valence-electron chi connectivity index (χ4n) is 2.07. The van der Waals surface area contributed by atoms with E-state index in [0.717, 1.165) is 18.4 Å². The highest BCUT2D eigenvalue weighted by Crippen LogP contribution is 2.33. The molecule has 1 saturated carbocycles. The van der Waals surface area contributed by atoms with E-state index < -0.39 is 10.0 Å². The molecule has 0 radical (unpaired) electrons. The van der Waals surface area contributed by atoms with Crippen molar-refractivity contribution in [1.29, 1.82) is 0 Å². The van der Waals surface area contributed by atoms with E-state index in [1.807, 2.05) is 19.1 Å². The molecular formula is C13H20N2O2S. The van der Waals surface area contributed by atoms with Gasteiger partial charge < -0.3 is 5.73 Å². The second kappa shape index (κ2) is 4.55. The van der Waals surface area contributed by atoms with Gasteiger partial charge in [-0.15, -0.1) is 0 Å². The van der Waals surface area contributed by atoms with Crippen LogP contribution in [0.1, 0.15) is 24.0 Å². The largest absolute Gasteiger partial charge is 0.397 e. The second-order valence-corrected chi connectivity index (χ2v) is 7.15. The fraction of sp³-hybridized carbons (Fsp3) is 0.538. The van der Waals surface area contributed by atoms with Gasteiger partial charge in [-0.2, -0.15) is 0 Å². The molecule has 2 rings (SSSR count). The number of aryl methyl sites for hydroxylation is 2. The molecule has 4 nitrogen and oxygen atoms in total. The molecule has 0 spiro atoms. The number of hydrogen-bond acceptors (Lipinski definition) is 3. The number of nitrogens with zero attached hydrogens (tertiary/aromatic N) is 1. The monoisotopic (exact) mass is 268 g/mol. The molecule has 1 aromatic carbocycles. The van der Waals surface area contributed by atoms with E-state index in [9.17, 15) is 8.42 Å². The van der Waals surface area contributed by atoms with Crippen LogP contribution in [0.2, 0.25) is 0 Å². The number of hydrogen-bond donors (Lipinski definition) is 1. The zero-order valence-corrected chi connectivity index (χ0v) is 11.9. The van der Waals surface area contributed by atoms with Crippen molar-refractivity contribution in [2.75, 3.05) is 19.3 Å². The summed E-state index contributed by atoms with van der Waals surface area (Å²) in [4.78, 5) is 0.269. The van der Waals surface area contributed by atoms with E-state index >= 15 is 0 Å². The van der Waals surface area contributed by atoms with Crippen molar-refractivity contribution in [1.82, 2.24) is 4.31 Å². The van der Waals surface area contributed by atoms with Gasteiger partial charge in [0, 0.05) is 13.6 Å². The molecular weight excluding hydrogens is 248 g/mol. The summed E-state index contributed by atoms with van der Waals surface area (Å²) in [5.74, 6) is 0.524. The van der Waals surface area contributed by atoms with E-state index in [2.05, 4.69) is 0 Å². The van der Waals surface area contributed by atoms with Crippen molar-refractivity contribution in [3.05, 3.63) is 23.3 Å². The van der Waals surface area contributed by atoms with Crippen molar-refractivity contribution in [3.63, 3.8) is 0 Å². The van der Waals surface area contributed by atoms with Crippen LogP contribution in [0.25, 0.3) is 0 Å². The summed E-state index contributed by atoms with van der Waals surface area (Å²) in [5, 5.41) is 0. The molecule has 18 heavy (non-hydrogen) atoms. The van der Waals surface area contributed by atoms with Gasteiger partial charge in [0.2, 0.25) is 10.0 Å². The molecule has 0 saturated heterocycles. The van der Waals surface area contributed by atoms with E-state index in [1.165, 1.54) is 4.31 Å². The number of rotatable bonds is 4. The first kappa shape index (κ1) is 13.4. The van der Waals surface area contributed by atoms with Crippen LogP contribution in [-0.2, 0) is 10.0 Å². The second-order valence-electron chi connectivity index (χ2n) is 5.17. The lowest BCUT2D eigenvalue weighted by atomic mass is 10.1. The first-order valence-electron chi connectivity index (χ1n) is 6.16. The maximum atomic E-state index is 12.5. The minimum Gasteiger partial charge on any atom is -0.397 e. The highest BCUT2D eigenvalue weighted by atomic mass is 32.2. The zero-order valence-electron chi connectivity index (χ0n) is 11.1. The van der Waals surface area contributed by atoms with Crippen LogP contribution in [-0.4, -0.2) is 26.3 Å². The maximum absolute atomic E-state index is 12.5. The lowest BCUT2D eigenvalue weighted by Gasteiger charge is -2.20. The Hall–Kier alpha value is -1.07. The van der Waals surface area contributed by atoms with Crippen LogP contribution in [0.5, 0.6) is 0 Å². The predicted octanol–water partition coefficient (Wildman–Crippen LogP) is 1.92. The van der Waals surface area contributed by atoms with Gasteiger partial charge in [0.05, 0.1) is 5.69 Å². The molecule has 1 aliphatic rings. The third kappa shape index (κ3) is 2.37.